The zero-order valence-corrected chi connectivity index (χ0v) is 6.65. The molecule has 0 fully saturated rings. The second-order valence-electron chi connectivity index (χ2n) is 2.95. The van der Waals surface area contributed by atoms with E-state index in [1.165, 1.54) is 12.2 Å². The molecule has 1 aliphatic rings. The van der Waals surface area contributed by atoms with Gasteiger partial charge in [0.05, 0.1) is 0 Å². The summed E-state index contributed by atoms with van der Waals surface area (Å²) in [7, 11) is 0. The van der Waals surface area contributed by atoms with E-state index < -0.39 is 12.4 Å². The number of ether oxygens (including phenoxy) is 1. The van der Waals surface area contributed by atoms with Crippen molar-refractivity contribution >= 4 is 5.78 Å². The third kappa shape index (κ3) is 1.88. The monoisotopic (exact) mass is 156 g/mol. The van der Waals surface area contributed by atoms with Gasteiger partial charge in [-0.05, 0) is 18.1 Å². The van der Waals surface area contributed by atoms with E-state index in [1.54, 1.807) is 0 Å². The lowest BCUT2D eigenvalue weighted by Gasteiger charge is -2.24. The summed E-state index contributed by atoms with van der Waals surface area (Å²) in [5.74, 6) is 0.0485. The fourth-order valence-electron chi connectivity index (χ4n) is 1.02. The van der Waals surface area contributed by atoms with Crippen molar-refractivity contribution < 1.29 is 14.6 Å². The summed E-state index contributed by atoms with van der Waals surface area (Å²) in [6, 6.07) is 0. The molecule has 0 saturated heterocycles. The first kappa shape index (κ1) is 8.43. The third-order valence-corrected chi connectivity index (χ3v) is 1.60. The molecule has 0 saturated carbocycles. The predicted molar refractivity (Wildman–Crippen MR) is 39.9 cm³/mol. The molecule has 0 aliphatic carbocycles. The Hall–Kier alpha value is -0.670. The van der Waals surface area contributed by atoms with Crippen LogP contribution in [-0.4, -0.2) is 23.3 Å². The van der Waals surface area contributed by atoms with Gasteiger partial charge in [0.25, 0.3) is 0 Å². The molecule has 2 atom stereocenters. The standard InChI is InChI=1S/C8H12O3/c1-5(2)8-6(9)3-4-7(10)11-8/h3-5,7-8,10H,1-2H3. The lowest BCUT2D eigenvalue weighted by Crippen LogP contribution is -2.35. The van der Waals surface area contributed by atoms with Crippen molar-refractivity contribution in [3.8, 4) is 0 Å². The van der Waals surface area contributed by atoms with Crippen LogP contribution < -0.4 is 0 Å². The number of hydrogen-bond acceptors (Lipinski definition) is 3. The molecular formula is C8H12O3. The summed E-state index contributed by atoms with van der Waals surface area (Å²) in [5.41, 5.74) is 0. The molecule has 1 rings (SSSR count). The Labute approximate surface area is 65.7 Å². The van der Waals surface area contributed by atoms with Crippen LogP contribution in [0.2, 0.25) is 0 Å². The number of rotatable bonds is 1. The molecule has 0 spiro atoms. The number of hydrogen-bond donors (Lipinski definition) is 1. The average molecular weight is 156 g/mol. The minimum Gasteiger partial charge on any atom is -0.365 e. The van der Waals surface area contributed by atoms with Crippen molar-refractivity contribution in [3.63, 3.8) is 0 Å². The normalized spacial score (nSPS) is 31.5. The van der Waals surface area contributed by atoms with Crippen molar-refractivity contribution in [3.05, 3.63) is 12.2 Å². The number of carbonyl (C=O) groups is 1. The predicted octanol–water partition coefficient (Wildman–Crippen LogP) is 0.485. The van der Waals surface area contributed by atoms with Crippen LogP contribution in [0.4, 0.5) is 0 Å². The molecule has 1 heterocycles. The van der Waals surface area contributed by atoms with E-state index in [9.17, 15) is 4.79 Å². The molecule has 0 aromatic heterocycles. The summed E-state index contributed by atoms with van der Waals surface area (Å²) in [6.07, 6.45) is 1.33. The van der Waals surface area contributed by atoms with Gasteiger partial charge >= 0.3 is 0 Å². The van der Waals surface area contributed by atoms with Crippen LogP contribution in [0.15, 0.2) is 12.2 Å². The van der Waals surface area contributed by atoms with E-state index in [-0.39, 0.29) is 11.7 Å². The Kier molecular flexibility index (Phi) is 2.42. The number of ketones is 1. The Morgan fingerprint density at radius 2 is 2.27 bits per heavy atom. The molecule has 62 valence electrons. The zero-order valence-electron chi connectivity index (χ0n) is 6.65. The Morgan fingerprint density at radius 3 is 2.73 bits per heavy atom. The molecule has 0 bridgehead atoms. The van der Waals surface area contributed by atoms with Gasteiger partial charge in [-0.15, -0.1) is 0 Å². The molecule has 0 radical (unpaired) electrons. The highest BCUT2D eigenvalue weighted by molar-refractivity contribution is 5.94. The second-order valence-corrected chi connectivity index (χ2v) is 2.95. The molecule has 0 aromatic rings. The van der Waals surface area contributed by atoms with Crippen molar-refractivity contribution in [2.75, 3.05) is 0 Å². The quantitative estimate of drug-likeness (QED) is 0.600. The maximum Gasteiger partial charge on any atom is 0.184 e. The number of aliphatic hydroxyl groups excluding tert-OH is 1. The van der Waals surface area contributed by atoms with Gasteiger partial charge in [0.15, 0.2) is 12.1 Å². The van der Waals surface area contributed by atoms with E-state index in [1.807, 2.05) is 13.8 Å². The van der Waals surface area contributed by atoms with Crippen LogP contribution in [0.3, 0.4) is 0 Å². The lowest BCUT2D eigenvalue weighted by molar-refractivity contribution is -0.154. The van der Waals surface area contributed by atoms with Gasteiger partial charge in [0.2, 0.25) is 0 Å². The molecule has 1 aliphatic heterocycles. The average Bonchev–Trinajstić information content (AvgIpc) is 1.94. The first-order valence-corrected chi connectivity index (χ1v) is 3.67. The highest BCUT2D eigenvalue weighted by Crippen LogP contribution is 2.14. The highest BCUT2D eigenvalue weighted by Gasteiger charge is 2.26. The van der Waals surface area contributed by atoms with Crippen LogP contribution in [-0.2, 0) is 9.53 Å². The number of aliphatic hydroxyl groups is 1. The molecule has 3 heteroatoms. The van der Waals surface area contributed by atoms with Gasteiger partial charge in [0, 0.05) is 0 Å². The summed E-state index contributed by atoms with van der Waals surface area (Å²) in [6.45, 7) is 3.77. The maximum absolute atomic E-state index is 11.1. The molecule has 11 heavy (non-hydrogen) atoms. The molecule has 0 aromatic carbocycles. The first-order chi connectivity index (χ1) is 5.11. The Bertz CT molecular complexity index is 184. The van der Waals surface area contributed by atoms with Crippen molar-refractivity contribution in [1.29, 1.82) is 0 Å². The van der Waals surface area contributed by atoms with Crippen LogP contribution in [0, 0.1) is 5.92 Å². The van der Waals surface area contributed by atoms with Crippen molar-refractivity contribution in [2.45, 2.75) is 26.2 Å². The SMILES string of the molecule is CC(C)C1OC(O)C=CC1=O. The highest BCUT2D eigenvalue weighted by atomic mass is 16.6. The number of carbonyl (C=O) groups excluding carboxylic acids is 1. The Morgan fingerprint density at radius 1 is 1.64 bits per heavy atom. The first-order valence-electron chi connectivity index (χ1n) is 3.67. The minimum atomic E-state index is -0.917. The molecular weight excluding hydrogens is 144 g/mol. The van der Waals surface area contributed by atoms with Gasteiger partial charge < -0.3 is 9.84 Å². The van der Waals surface area contributed by atoms with Gasteiger partial charge in [-0.1, -0.05) is 13.8 Å². The van der Waals surface area contributed by atoms with Crippen LogP contribution in [0.1, 0.15) is 13.8 Å². The minimum absolute atomic E-state index is 0.0645. The lowest BCUT2D eigenvalue weighted by atomic mass is 10.0. The van der Waals surface area contributed by atoms with Crippen LogP contribution in [0.5, 0.6) is 0 Å². The zero-order chi connectivity index (χ0) is 8.43. The largest absolute Gasteiger partial charge is 0.365 e. The van der Waals surface area contributed by atoms with E-state index in [4.69, 9.17) is 9.84 Å². The molecule has 1 N–H and O–H groups in total. The summed E-state index contributed by atoms with van der Waals surface area (Å²) in [5, 5.41) is 8.98. The van der Waals surface area contributed by atoms with Crippen molar-refractivity contribution in [1.82, 2.24) is 0 Å². The van der Waals surface area contributed by atoms with Gasteiger partial charge in [0.1, 0.15) is 6.10 Å². The smallest absolute Gasteiger partial charge is 0.184 e. The summed E-state index contributed by atoms with van der Waals surface area (Å²) >= 11 is 0. The third-order valence-electron chi connectivity index (χ3n) is 1.60. The fourth-order valence-corrected chi connectivity index (χ4v) is 1.02. The van der Waals surface area contributed by atoms with Gasteiger partial charge in [-0.3, -0.25) is 4.79 Å². The van der Waals surface area contributed by atoms with E-state index in [0.29, 0.717) is 0 Å². The fraction of sp³-hybridized carbons (Fsp3) is 0.625. The van der Waals surface area contributed by atoms with Gasteiger partial charge in [-0.25, -0.2) is 0 Å². The Balaban J connectivity index is 2.68. The summed E-state index contributed by atoms with van der Waals surface area (Å²) < 4.78 is 4.98. The molecule has 3 nitrogen and oxygen atoms in total. The summed E-state index contributed by atoms with van der Waals surface area (Å²) in [4.78, 5) is 11.1. The van der Waals surface area contributed by atoms with E-state index in [0.717, 1.165) is 0 Å². The molecule has 2 unspecified atom stereocenters. The van der Waals surface area contributed by atoms with Crippen LogP contribution in [0.25, 0.3) is 0 Å². The topological polar surface area (TPSA) is 46.5 Å². The van der Waals surface area contributed by atoms with Crippen LogP contribution >= 0.6 is 0 Å². The second kappa shape index (κ2) is 3.15. The van der Waals surface area contributed by atoms with Crippen molar-refractivity contribution in [2.24, 2.45) is 5.92 Å². The molecule has 0 amide bonds. The van der Waals surface area contributed by atoms with E-state index >= 15 is 0 Å². The van der Waals surface area contributed by atoms with E-state index in [2.05, 4.69) is 0 Å². The maximum atomic E-state index is 11.1. The van der Waals surface area contributed by atoms with Gasteiger partial charge in [-0.2, -0.15) is 0 Å².